The van der Waals surface area contributed by atoms with E-state index in [2.05, 4.69) is 0 Å². The van der Waals surface area contributed by atoms with Crippen LogP contribution in [0.15, 0.2) is 30.3 Å². The molecule has 0 aliphatic heterocycles. The lowest BCUT2D eigenvalue weighted by molar-refractivity contribution is -0.143. The Labute approximate surface area is 202 Å². The lowest BCUT2D eigenvalue weighted by atomic mass is 10.0. The first kappa shape index (κ1) is 29.2. The van der Waals surface area contributed by atoms with Crippen molar-refractivity contribution in [2.45, 2.75) is 26.2 Å². The van der Waals surface area contributed by atoms with E-state index in [1.807, 2.05) is 0 Å². The van der Waals surface area contributed by atoms with Crippen LogP contribution in [0.1, 0.15) is 45.7 Å². The highest BCUT2D eigenvalue weighted by Gasteiger charge is 2.50. The van der Waals surface area contributed by atoms with Crippen LogP contribution < -0.4 is 14.2 Å². The molecule has 2 rings (SSSR count). The molecule has 0 N–H and O–H groups in total. The number of ether oxygens (including phenoxy) is 3. The third-order valence-corrected chi connectivity index (χ3v) is 8.10. The summed E-state index contributed by atoms with van der Waals surface area (Å²) in [6.45, 7) is 2.83. The molecule has 0 heterocycles. The molecular formula is C23H23F6O6P. The third kappa shape index (κ3) is 5.69. The fourth-order valence-electron chi connectivity index (χ4n) is 3.61. The first-order chi connectivity index (χ1) is 16.5. The second-order valence-corrected chi connectivity index (χ2v) is 10.7. The predicted octanol–water partition coefficient (Wildman–Crippen LogP) is 6.75. The van der Waals surface area contributed by atoms with Crippen molar-refractivity contribution in [2.24, 2.45) is 5.92 Å². The summed E-state index contributed by atoms with van der Waals surface area (Å²) in [4.78, 5) is 27.1. The van der Waals surface area contributed by atoms with Gasteiger partial charge in [0, 0.05) is 18.3 Å². The topological polar surface area (TPSA) is 78.9 Å². The average Bonchev–Trinajstić information content (AvgIpc) is 2.79. The van der Waals surface area contributed by atoms with E-state index in [1.165, 1.54) is 33.1 Å². The normalized spacial score (nSPS) is 13.8. The Bertz CT molecular complexity index is 1150. The third-order valence-electron chi connectivity index (χ3n) is 5.10. The molecule has 1 atom stereocenters. The van der Waals surface area contributed by atoms with Crippen LogP contribution in [0.4, 0.5) is 26.3 Å². The summed E-state index contributed by atoms with van der Waals surface area (Å²) in [6.07, 6.45) is -11.6. The molecule has 0 spiro atoms. The minimum absolute atomic E-state index is 0.118. The van der Waals surface area contributed by atoms with Crippen molar-refractivity contribution in [1.82, 2.24) is 0 Å². The standard InChI is InChI=1S/C23H23F6O6P/c1-12(2)11-36(32,21(31)19-16(34-4)9-13(33-3)10-17(19)35-5)20(30)18-14(22(24,25)26)7-6-8-15(18)23(27,28)29/h6-10,12H,11H2,1-5H3. The van der Waals surface area contributed by atoms with Crippen LogP contribution in [0.3, 0.4) is 0 Å². The minimum Gasteiger partial charge on any atom is -0.496 e. The number of carbonyl (C=O) groups is 2. The molecule has 0 amide bonds. The van der Waals surface area contributed by atoms with Gasteiger partial charge in [-0.3, -0.25) is 9.59 Å². The van der Waals surface area contributed by atoms with Crippen molar-refractivity contribution in [3.8, 4) is 17.2 Å². The quantitative estimate of drug-likeness (QED) is 0.259. The molecule has 0 aliphatic carbocycles. The van der Waals surface area contributed by atoms with Crippen LogP contribution in [0.5, 0.6) is 17.2 Å². The Morgan fingerprint density at radius 1 is 0.806 bits per heavy atom. The van der Waals surface area contributed by atoms with E-state index in [4.69, 9.17) is 14.2 Å². The monoisotopic (exact) mass is 540 g/mol. The van der Waals surface area contributed by atoms with Crippen molar-refractivity contribution in [3.05, 3.63) is 52.6 Å². The number of alkyl halides is 6. The maximum Gasteiger partial charge on any atom is 0.417 e. The number of carbonyl (C=O) groups excluding carboxylic acids is 2. The summed E-state index contributed by atoms with van der Waals surface area (Å²) in [7, 11) is -1.68. The molecule has 0 aliphatic rings. The molecule has 13 heteroatoms. The highest BCUT2D eigenvalue weighted by Crippen LogP contribution is 2.58. The molecule has 0 aromatic heterocycles. The molecule has 198 valence electrons. The lowest BCUT2D eigenvalue weighted by Crippen LogP contribution is -2.24. The summed E-state index contributed by atoms with van der Waals surface area (Å²) in [6, 6.07) is 3.35. The van der Waals surface area contributed by atoms with Gasteiger partial charge in [-0.15, -0.1) is 0 Å². The number of benzene rings is 2. The number of methoxy groups -OCH3 is 3. The first-order valence-corrected chi connectivity index (χ1v) is 12.2. The molecule has 0 saturated heterocycles. The Balaban J connectivity index is 2.94. The van der Waals surface area contributed by atoms with E-state index in [0.29, 0.717) is 6.07 Å². The Morgan fingerprint density at radius 3 is 1.56 bits per heavy atom. The van der Waals surface area contributed by atoms with E-state index in [-0.39, 0.29) is 29.4 Å². The second kappa shape index (κ2) is 10.5. The van der Waals surface area contributed by atoms with E-state index in [1.54, 1.807) is 0 Å². The van der Waals surface area contributed by atoms with Gasteiger partial charge < -0.3 is 18.8 Å². The van der Waals surface area contributed by atoms with E-state index < -0.39 is 64.9 Å². The van der Waals surface area contributed by atoms with Gasteiger partial charge in [-0.1, -0.05) is 19.9 Å². The number of hydrogen-bond acceptors (Lipinski definition) is 6. The van der Waals surface area contributed by atoms with Gasteiger partial charge in [0.25, 0.3) is 0 Å². The van der Waals surface area contributed by atoms with Gasteiger partial charge in [0.2, 0.25) is 18.2 Å². The Hall–Kier alpha value is -3.01. The fourth-order valence-corrected chi connectivity index (χ4v) is 6.33. The van der Waals surface area contributed by atoms with Gasteiger partial charge in [0.1, 0.15) is 22.8 Å². The average molecular weight is 540 g/mol. The smallest absolute Gasteiger partial charge is 0.417 e. The van der Waals surface area contributed by atoms with Crippen LogP contribution in [0, 0.1) is 5.92 Å². The van der Waals surface area contributed by atoms with E-state index >= 15 is 0 Å². The Morgan fingerprint density at radius 2 is 1.22 bits per heavy atom. The molecule has 0 fully saturated rings. The Kier molecular flexibility index (Phi) is 8.56. The van der Waals surface area contributed by atoms with Crippen LogP contribution in [-0.4, -0.2) is 38.5 Å². The van der Waals surface area contributed by atoms with Crippen LogP contribution >= 0.6 is 7.14 Å². The molecule has 0 bridgehead atoms. The van der Waals surface area contributed by atoms with Gasteiger partial charge in [-0.2, -0.15) is 26.3 Å². The molecule has 6 nitrogen and oxygen atoms in total. The minimum atomic E-state index is -5.41. The van der Waals surface area contributed by atoms with E-state index in [0.717, 1.165) is 14.2 Å². The first-order valence-electron chi connectivity index (χ1n) is 10.3. The molecule has 2 aromatic carbocycles. The number of hydrogen-bond donors (Lipinski definition) is 0. The SMILES string of the molecule is COc1cc(OC)c(C(=O)P(=O)(CC(C)C)C(=O)c2c(C(F)(F)F)cccc2C(F)(F)F)c(OC)c1. The summed E-state index contributed by atoms with van der Waals surface area (Å²) in [5.41, 5.74) is -9.90. The largest absolute Gasteiger partial charge is 0.496 e. The maximum atomic E-state index is 14.1. The van der Waals surface area contributed by atoms with Crippen molar-refractivity contribution < 1.29 is 54.7 Å². The van der Waals surface area contributed by atoms with Gasteiger partial charge in [-0.05, 0) is 18.1 Å². The molecule has 1 unspecified atom stereocenters. The molecule has 0 saturated carbocycles. The van der Waals surface area contributed by atoms with Crippen LogP contribution in [0.2, 0.25) is 0 Å². The van der Waals surface area contributed by atoms with Crippen molar-refractivity contribution >= 4 is 18.2 Å². The summed E-state index contributed by atoms with van der Waals surface area (Å²) in [5.74, 6) is -1.21. The maximum absolute atomic E-state index is 14.1. The number of rotatable bonds is 9. The zero-order valence-electron chi connectivity index (χ0n) is 19.8. The molecular weight excluding hydrogens is 517 g/mol. The summed E-state index contributed by atoms with van der Waals surface area (Å²) < 4.78 is 112. The lowest BCUT2D eigenvalue weighted by Gasteiger charge is -2.24. The summed E-state index contributed by atoms with van der Waals surface area (Å²) >= 11 is 0. The molecule has 36 heavy (non-hydrogen) atoms. The van der Waals surface area contributed by atoms with Crippen LogP contribution in [-0.2, 0) is 16.9 Å². The number of halogens is 6. The fraction of sp³-hybridized carbons (Fsp3) is 0.391. The highest BCUT2D eigenvalue weighted by atomic mass is 31.2. The van der Waals surface area contributed by atoms with Crippen molar-refractivity contribution in [3.63, 3.8) is 0 Å². The van der Waals surface area contributed by atoms with E-state index in [9.17, 15) is 40.5 Å². The second-order valence-electron chi connectivity index (χ2n) is 8.06. The zero-order valence-corrected chi connectivity index (χ0v) is 20.7. The summed E-state index contributed by atoms with van der Waals surface area (Å²) in [5, 5.41) is 0. The zero-order chi connectivity index (χ0) is 27.6. The van der Waals surface area contributed by atoms with Gasteiger partial charge in [0.15, 0.2) is 0 Å². The highest BCUT2D eigenvalue weighted by molar-refractivity contribution is 7.95. The van der Waals surface area contributed by atoms with Crippen LogP contribution in [0.25, 0.3) is 0 Å². The predicted molar refractivity (Wildman–Crippen MR) is 119 cm³/mol. The molecule has 0 radical (unpaired) electrons. The van der Waals surface area contributed by atoms with Crippen molar-refractivity contribution in [2.75, 3.05) is 27.5 Å². The van der Waals surface area contributed by atoms with Gasteiger partial charge in [-0.25, -0.2) is 0 Å². The van der Waals surface area contributed by atoms with Crippen molar-refractivity contribution in [1.29, 1.82) is 0 Å². The molecule has 2 aromatic rings. The van der Waals surface area contributed by atoms with Gasteiger partial charge in [0.05, 0.1) is 38.0 Å². The van der Waals surface area contributed by atoms with Gasteiger partial charge >= 0.3 is 12.4 Å².